The number of carbonyl (C=O) groups excluding carboxylic acids is 1. The van der Waals surface area contributed by atoms with Gasteiger partial charge in [0.25, 0.3) is 0 Å². The fraction of sp³-hybridized carbons (Fsp3) is 0.0476. The monoisotopic (exact) mass is 336 g/mol. The summed E-state index contributed by atoms with van der Waals surface area (Å²) in [6, 6.07) is 26.9. The molecule has 3 aromatic carbocycles. The number of aliphatic hydroxyl groups excluding tert-OH is 1. The standard InChI is InChI=1S/C7H6O2.C7H8O.C7H6O/c8-7(9)6-4-2-1-3-5-6;2*8-6-7-4-2-1-3-5-7/h1-5H,(H,8,9);1-5,8H,6H2;1-6H. The molecule has 3 rings (SSSR count). The van der Waals surface area contributed by atoms with E-state index < -0.39 is 5.97 Å². The van der Waals surface area contributed by atoms with Crippen molar-refractivity contribution >= 4 is 12.3 Å². The fourth-order valence-electron chi connectivity index (χ4n) is 1.70. The lowest BCUT2D eigenvalue weighted by Gasteiger charge is -1.89. The molecule has 0 heterocycles. The van der Waals surface area contributed by atoms with Crippen LogP contribution in [-0.2, 0) is 6.61 Å². The summed E-state index contributed by atoms with van der Waals surface area (Å²) >= 11 is 0. The Bertz CT molecular complexity index is 726. The van der Waals surface area contributed by atoms with Crippen molar-refractivity contribution in [2.45, 2.75) is 6.61 Å². The van der Waals surface area contributed by atoms with Crippen molar-refractivity contribution in [3.63, 3.8) is 0 Å². The molecule has 0 saturated carbocycles. The highest BCUT2D eigenvalue weighted by atomic mass is 16.4. The van der Waals surface area contributed by atoms with Gasteiger partial charge in [-0.3, -0.25) is 4.79 Å². The lowest BCUT2D eigenvalue weighted by Crippen LogP contribution is -1.93. The van der Waals surface area contributed by atoms with E-state index in [1.54, 1.807) is 42.5 Å². The third kappa shape index (κ3) is 8.83. The minimum absolute atomic E-state index is 0.140. The summed E-state index contributed by atoms with van der Waals surface area (Å²) in [6.45, 7) is 0.140. The molecule has 0 amide bonds. The van der Waals surface area contributed by atoms with Crippen LogP contribution in [0.3, 0.4) is 0 Å². The van der Waals surface area contributed by atoms with Gasteiger partial charge in [-0.2, -0.15) is 0 Å². The molecule has 128 valence electrons. The molecule has 2 N–H and O–H groups in total. The van der Waals surface area contributed by atoms with Crippen LogP contribution in [0.2, 0.25) is 0 Å². The lowest BCUT2D eigenvalue weighted by atomic mass is 10.2. The Hall–Kier alpha value is -3.24. The molecule has 4 nitrogen and oxygen atoms in total. The van der Waals surface area contributed by atoms with Crippen LogP contribution < -0.4 is 0 Å². The number of aliphatic hydroxyl groups is 1. The van der Waals surface area contributed by atoms with Gasteiger partial charge in [-0.1, -0.05) is 78.9 Å². The van der Waals surface area contributed by atoms with Crippen LogP contribution in [0.4, 0.5) is 0 Å². The van der Waals surface area contributed by atoms with Gasteiger partial charge in [0.15, 0.2) is 0 Å². The Morgan fingerprint density at radius 1 is 0.760 bits per heavy atom. The molecule has 3 aromatic rings. The molecule has 0 aliphatic carbocycles. The van der Waals surface area contributed by atoms with Gasteiger partial charge in [0, 0.05) is 5.56 Å². The number of aldehydes is 1. The van der Waals surface area contributed by atoms with E-state index in [0.717, 1.165) is 17.4 Å². The minimum Gasteiger partial charge on any atom is -0.478 e. The first-order chi connectivity index (χ1) is 12.2. The van der Waals surface area contributed by atoms with Crippen molar-refractivity contribution in [3.05, 3.63) is 108 Å². The van der Waals surface area contributed by atoms with Crippen LogP contribution in [0.1, 0.15) is 26.3 Å². The van der Waals surface area contributed by atoms with Gasteiger partial charge in [0.05, 0.1) is 12.2 Å². The first kappa shape index (κ1) is 19.8. The van der Waals surface area contributed by atoms with E-state index in [2.05, 4.69) is 0 Å². The third-order valence-electron chi connectivity index (χ3n) is 2.98. The second-order valence-corrected chi connectivity index (χ2v) is 4.84. The van der Waals surface area contributed by atoms with Gasteiger partial charge in [-0.25, -0.2) is 4.79 Å². The van der Waals surface area contributed by atoms with Gasteiger partial charge >= 0.3 is 5.97 Å². The SMILES string of the molecule is O=C(O)c1ccccc1.O=Cc1ccccc1.OCc1ccccc1. The summed E-state index contributed by atoms with van der Waals surface area (Å²) in [6.07, 6.45) is 0.833. The second-order valence-electron chi connectivity index (χ2n) is 4.84. The zero-order valence-corrected chi connectivity index (χ0v) is 13.7. The van der Waals surface area contributed by atoms with Crippen molar-refractivity contribution in [1.29, 1.82) is 0 Å². The Morgan fingerprint density at radius 2 is 1.20 bits per heavy atom. The van der Waals surface area contributed by atoms with Crippen molar-refractivity contribution in [2.24, 2.45) is 0 Å². The molecular weight excluding hydrogens is 316 g/mol. The Kier molecular flexibility index (Phi) is 9.68. The maximum absolute atomic E-state index is 10.2. The fourth-order valence-corrected chi connectivity index (χ4v) is 1.70. The van der Waals surface area contributed by atoms with E-state index >= 15 is 0 Å². The third-order valence-corrected chi connectivity index (χ3v) is 2.98. The van der Waals surface area contributed by atoms with E-state index in [1.165, 1.54) is 0 Å². The lowest BCUT2D eigenvalue weighted by molar-refractivity contribution is 0.0696. The maximum atomic E-state index is 10.2. The highest BCUT2D eigenvalue weighted by Crippen LogP contribution is 1.96. The van der Waals surface area contributed by atoms with Crippen LogP contribution in [0.25, 0.3) is 0 Å². The summed E-state index contributed by atoms with van der Waals surface area (Å²) in [5.41, 5.74) is 2.03. The summed E-state index contributed by atoms with van der Waals surface area (Å²) < 4.78 is 0. The van der Waals surface area contributed by atoms with E-state index in [0.29, 0.717) is 5.56 Å². The number of carboxylic acid groups (broad SMARTS) is 1. The Balaban J connectivity index is 0.000000188. The number of aromatic carboxylic acids is 1. The summed E-state index contributed by atoms with van der Waals surface area (Å²) in [5.74, 6) is -0.879. The van der Waals surface area contributed by atoms with Crippen LogP contribution in [0.15, 0.2) is 91.0 Å². The topological polar surface area (TPSA) is 74.6 Å². The number of carboxylic acids is 1. The predicted molar refractivity (Wildman–Crippen MR) is 97.6 cm³/mol. The van der Waals surface area contributed by atoms with Crippen molar-refractivity contribution in [3.8, 4) is 0 Å². The molecular formula is C21H20O4. The highest BCUT2D eigenvalue weighted by Gasteiger charge is 1.96. The molecule has 0 bridgehead atoms. The predicted octanol–water partition coefficient (Wildman–Crippen LogP) is 4.06. The molecule has 25 heavy (non-hydrogen) atoms. The number of hydrogen-bond donors (Lipinski definition) is 2. The summed E-state index contributed by atoms with van der Waals surface area (Å²) in [4.78, 5) is 20.2. The van der Waals surface area contributed by atoms with Gasteiger partial charge in [-0.05, 0) is 17.7 Å². The number of rotatable bonds is 3. The maximum Gasteiger partial charge on any atom is 0.335 e. The molecule has 0 atom stereocenters. The van der Waals surface area contributed by atoms with Crippen LogP contribution >= 0.6 is 0 Å². The zero-order chi connectivity index (χ0) is 18.3. The van der Waals surface area contributed by atoms with Crippen LogP contribution in [-0.4, -0.2) is 22.5 Å². The smallest absolute Gasteiger partial charge is 0.335 e. The normalized spacial score (nSPS) is 8.84. The van der Waals surface area contributed by atoms with Gasteiger partial charge in [0.2, 0.25) is 0 Å². The molecule has 0 saturated heterocycles. The van der Waals surface area contributed by atoms with Gasteiger partial charge in [0.1, 0.15) is 6.29 Å². The zero-order valence-electron chi connectivity index (χ0n) is 13.7. The Morgan fingerprint density at radius 3 is 1.48 bits per heavy atom. The number of benzene rings is 3. The molecule has 0 spiro atoms. The van der Waals surface area contributed by atoms with E-state index in [1.807, 2.05) is 48.5 Å². The van der Waals surface area contributed by atoms with E-state index in [9.17, 15) is 9.59 Å². The molecule has 4 heteroatoms. The van der Waals surface area contributed by atoms with Crippen molar-refractivity contribution in [2.75, 3.05) is 0 Å². The van der Waals surface area contributed by atoms with E-state index in [4.69, 9.17) is 10.2 Å². The molecule has 0 unspecified atom stereocenters. The average Bonchev–Trinajstić information content (AvgIpc) is 2.71. The van der Waals surface area contributed by atoms with Crippen LogP contribution in [0, 0.1) is 0 Å². The summed E-state index contributed by atoms with van der Waals surface area (Å²) in [7, 11) is 0. The first-order valence-electron chi connectivity index (χ1n) is 7.60. The van der Waals surface area contributed by atoms with Crippen molar-refractivity contribution < 1.29 is 19.8 Å². The highest BCUT2D eigenvalue weighted by molar-refractivity contribution is 5.87. The second kappa shape index (κ2) is 12.2. The molecule has 0 radical (unpaired) electrons. The first-order valence-corrected chi connectivity index (χ1v) is 7.60. The number of carbonyl (C=O) groups is 2. The van der Waals surface area contributed by atoms with Crippen molar-refractivity contribution in [1.82, 2.24) is 0 Å². The number of hydrogen-bond acceptors (Lipinski definition) is 3. The molecule has 0 aromatic heterocycles. The summed E-state index contributed by atoms with van der Waals surface area (Å²) in [5, 5.41) is 16.9. The molecule has 0 aliphatic heterocycles. The average molecular weight is 336 g/mol. The Labute approximate surface area is 147 Å². The van der Waals surface area contributed by atoms with E-state index in [-0.39, 0.29) is 6.61 Å². The molecule has 0 fully saturated rings. The largest absolute Gasteiger partial charge is 0.478 e. The minimum atomic E-state index is -0.879. The van der Waals surface area contributed by atoms with Gasteiger partial charge in [-0.15, -0.1) is 0 Å². The quantitative estimate of drug-likeness (QED) is 0.707. The van der Waals surface area contributed by atoms with Crippen LogP contribution in [0.5, 0.6) is 0 Å². The van der Waals surface area contributed by atoms with Gasteiger partial charge < -0.3 is 10.2 Å². The molecule has 0 aliphatic rings.